The van der Waals surface area contributed by atoms with Gasteiger partial charge in [-0.1, -0.05) is 0 Å². The van der Waals surface area contributed by atoms with Crippen molar-refractivity contribution in [3.8, 4) is 0 Å². The van der Waals surface area contributed by atoms with Crippen molar-refractivity contribution in [2.24, 2.45) is 0 Å². The molecule has 1 N–H and O–H groups in total. The van der Waals surface area contributed by atoms with E-state index in [1.165, 1.54) is 24.9 Å². The average molecular weight is 300 g/mol. The molecule has 0 aromatic carbocycles. The molecule has 0 bridgehead atoms. The van der Waals surface area contributed by atoms with Gasteiger partial charge in [0.05, 0.1) is 11.8 Å². The number of nitrogens with one attached hydrogen (secondary N) is 1. The number of rotatable bonds is 3. The summed E-state index contributed by atoms with van der Waals surface area (Å²) in [6, 6.07) is 4.40. The van der Waals surface area contributed by atoms with Crippen LogP contribution in [0.25, 0.3) is 5.65 Å². The van der Waals surface area contributed by atoms with Gasteiger partial charge < -0.3 is 19.4 Å². The fraction of sp³-hybridized carbons (Fsp3) is 0.588. The molecule has 4 rings (SSSR count). The van der Waals surface area contributed by atoms with Gasteiger partial charge in [-0.05, 0) is 25.3 Å². The Kier molecular flexibility index (Phi) is 3.99. The molecule has 0 spiro atoms. The zero-order chi connectivity index (χ0) is 14.8. The van der Waals surface area contributed by atoms with Crippen molar-refractivity contribution >= 4 is 11.3 Å². The molecule has 5 nitrogen and oxygen atoms in total. The number of ether oxygens (including phenoxy) is 1. The van der Waals surface area contributed by atoms with Gasteiger partial charge in [-0.15, -0.1) is 0 Å². The van der Waals surface area contributed by atoms with Crippen LogP contribution in [0.3, 0.4) is 0 Å². The first-order chi connectivity index (χ1) is 10.9. The van der Waals surface area contributed by atoms with Crippen LogP contribution in [0.1, 0.15) is 25.0 Å². The Balaban J connectivity index is 1.52. The molecule has 4 heterocycles. The molecule has 1 atom stereocenters. The molecule has 2 saturated heterocycles. The summed E-state index contributed by atoms with van der Waals surface area (Å²) >= 11 is 0. The molecule has 0 saturated carbocycles. The Morgan fingerprint density at radius 3 is 3.00 bits per heavy atom. The number of fused-ring (bicyclic) bond motifs is 1. The molecule has 5 heteroatoms. The summed E-state index contributed by atoms with van der Waals surface area (Å²) in [5, 5.41) is 3.39. The molecule has 2 aromatic heterocycles. The highest BCUT2D eigenvalue weighted by atomic mass is 16.5. The first-order valence-electron chi connectivity index (χ1n) is 8.43. The van der Waals surface area contributed by atoms with Gasteiger partial charge in [-0.3, -0.25) is 0 Å². The van der Waals surface area contributed by atoms with Crippen molar-refractivity contribution in [1.82, 2.24) is 14.7 Å². The highest BCUT2D eigenvalue weighted by Crippen LogP contribution is 2.20. The highest BCUT2D eigenvalue weighted by molar-refractivity contribution is 5.57. The number of pyridine rings is 1. The Labute approximate surface area is 131 Å². The van der Waals surface area contributed by atoms with Gasteiger partial charge >= 0.3 is 0 Å². The Bertz CT molecular complexity index is 627. The lowest BCUT2D eigenvalue weighted by Crippen LogP contribution is -2.43. The predicted octanol–water partition coefficient (Wildman–Crippen LogP) is 1.86. The zero-order valence-corrected chi connectivity index (χ0v) is 13.0. The summed E-state index contributed by atoms with van der Waals surface area (Å²) in [6.45, 7) is 5.16. The van der Waals surface area contributed by atoms with Crippen molar-refractivity contribution in [1.29, 1.82) is 0 Å². The molecule has 118 valence electrons. The number of anilines is 1. The second-order valence-corrected chi connectivity index (χ2v) is 6.31. The molecular formula is C17H24N4O. The molecule has 0 amide bonds. The summed E-state index contributed by atoms with van der Waals surface area (Å²) < 4.78 is 7.96. The topological polar surface area (TPSA) is 41.8 Å². The summed E-state index contributed by atoms with van der Waals surface area (Å²) in [5.41, 5.74) is 3.46. The molecule has 2 fully saturated rings. The largest absolute Gasteiger partial charge is 0.378 e. The van der Waals surface area contributed by atoms with Crippen molar-refractivity contribution in [3.63, 3.8) is 0 Å². The standard InChI is InChI=1S/C17H24N4O/c1-2-10-22-16(3-1)11-14-13-21-7-4-15(12-17(21)19-14)20-8-5-18-6-9-20/h4,7,12-13,16,18H,1-3,5-6,8-11H2. The summed E-state index contributed by atoms with van der Waals surface area (Å²) in [6.07, 6.45) is 9.22. The average Bonchev–Trinajstić information content (AvgIpc) is 2.98. The van der Waals surface area contributed by atoms with Gasteiger partial charge in [0.15, 0.2) is 0 Å². The Hall–Kier alpha value is -1.59. The smallest absolute Gasteiger partial charge is 0.139 e. The van der Waals surface area contributed by atoms with Crippen LogP contribution in [0.5, 0.6) is 0 Å². The Morgan fingerprint density at radius 2 is 2.18 bits per heavy atom. The number of piperazine rings is 1. The van der Waals surface area contributed by atoms with Crippen LogP contribution in [0.4, 0.5) is 5.69 Å². The van der Waals surface area contributed by atoms with E-state index < -0.39 is 0 Å². The first-order valence-corrected chi connectivity index (χ1v) is 8.43. The maximum absolute atomic E-state index is 5.83. The third-order valence-corrected chi connectivity index (χ3v) is 4.69. The van der Waals surface area contributed by atoms with Crippen LogP contribution in [0, 0.1) is 0 Å². The van der Waals surface area contributed by atoms with Crippen LogP contribution in [0.2, 0.25) is 0 Å². The number of hydrogen-bond acceptors (Lipinski definition) is 4. The number of nitrogens with zero attached hydrogens (tertiary/aromatic N) is 3. The van der Waals surface area contributed by atoms with E-state index in [9.17, 15) is 0 Å². The van der Waals surface area contributed by atoms with Gasteiger partial charge in [0, 0.05) is 63.4 Å². The molecular weight excluding hydrogens is 276 g/mol. The second kappa shape index (κ2) is 6.26. The molecule has 22 heavy (non-hydrogen) atoms. The van der Waals surface area contributed by atoms with Crippen molar-refractivity contribution in [3.05, 3.63) is 30.2 Å². The van der Waals surface area contributed by atoms with E-state index in [2.05, 4.69) is 39.1 Å². The van der Waals surface area contributed by atoms with Crippen LogP contribution in [-0.4, -0.2) is 48.3 Å². The van der Waals surface area contributed by atoms with Crippen LogP contribution >= 0.6 is 0 Å². The minimum absolute atomic E-state index is 0.353. The lowest BCUT2D eigenvalue weighted by molar-refractivity contribution is 0.0163. The van der Waals surface area contributed by atoms with Gasteiger partial charge in [-0.25, -0.2) is 4.98 Å². The van der Waals surface area contributed by atoms with E-state index in [1.54, 1.807) is 0 Å². The molecule has 2 aromatic rings. The summed E-state index contributed by atoms with van der Waals surface area (Å²) in [7, 11) is 0. The van der Waals surface area contributed by atoms with E-state index in [0.29, 0.717) is 6.10 Å². The Morgan fingerprint density at radius 1 is 1.27 bits per heavy atom. The predicted molar refractivity (Wildman–Crippen MR) is 87.6 cm³/mol. The summed E-state index contributed by atoms with van der Waals surface area (Å²) in [5.74, 6) is 0. The van der Waals surface area contributed by atoms with E-state index in [4.69, 9.17) is 9.72 Å². The minimum Gasteiger partial charge on any atom is -0.378 e. The van der Waals surface area contributed by atoms with E-state index in [1.807, 2.05) is 0 Å². The minimum atomic E-state index is 0.353. The first kappa shape index (κ1) is 14.0. The zero-order valence-electron chi connectivity index (χ0n) is 13.0. The number of imidazole rings is 1. The maximum Gasteiger partial charge on any atom is 0.139 e. The fourth-order valence-electron chi connectivity index (χ4n) is 3.44. The van der Waals surface area contributed by atoms with Crippen LogP contribution in [-0.2, 0) is 11.2 Å². The normalized spacial score (nSPS) is 23.1. The highest BCUT2D eigenvalue weighted by Gasteiger charge is 2.16. The molecule has 2 aliphatic heterocycles. The maximum atomic E-state index is 5.83. The summed E-state index contributed by atoms with van der Waals surface area (Å²) in [4.78, 5) is 7.23. The number of hydrogen-bond donors (Lipinski definition) is 1. The van der Waals surface area contributed by atoms with Crippen molar-refractivity contribution in [2.75, 3.05) is 37.7 Å². The van der Waals surface area contributed by atoms with Crippen molar-refractivity contribution < 1.29 is 4.74 Å². The van der Waals surface area contributed by atoms with E-state index in [0.717, 1.165) is 50.5 Å². The lowest BCUT2D eigenvalue weighted by Gasteiger charge is -2.29. The monoisotopic (exact) mass is 300 g/mol. The van der Waals surface area contributed by atoms with Crippen LogP contribution < -0.4 is 10.2 Å². The quantitative estimate of drug-likeness (QED) is 0.939. The number of aromatic nitrogens is 2. The third-order valence-electron chi connectivity index (χ3n) is 4.69. The molecule has 2 aliphatic rings. The SMILES string of the molecule is c1cn2cc(CC3CCCCO3)nc2cc1N1CCNCC1. The third kappa shape index (κ3) is 2.96. The van der Waals surface area contributed by atoms with E-state index in [-0.39, 0.29) is 0 Å². The van der Waals surface area contributed by atoms with Gasteiger partial charge in [-0.2, -0.15) is 0 Å². The molecule has 0 aliphatic carbocycles. The van der Waals surface area contributed by atoms with Crippen LogP contribution in [0.15, 0.2) is 24.5 Å². The van der Waals surface area contributed by atoms with E-state index >= 15 is 0 Å². The second-order valence-electron chi connectivity index (χ2n) is 6.31. The van der Waals surface area contributed by atoms with Gasteiger partial charge in [0.1, 0.15) is 5.65 Å². The molecule has 0 radical (unpaired) electrons. The van der Waals surface area contributed by atoms with Gasteiger partial charge in [0.2, 0.25) is 0 Å². The van der Waals surface area contributed by atoms with Crippen molar-refractivity contribution in [2.45, 2.75) is 31.8 Å². The molecule has 1 unspecified atom stereocenters. The van der Waals surface area contributed by atoms with Gasteiger partial charge in [0.25, 0.3) is 0 Å². The lowest BCUT2D eigenvalue weighted by atomic mass is 10.1. The fourth-order valence-corrected chi connectivity index (χ4v) is 3.44.